The van der Waals surface area contributed by atoms with Gasteiger partial charge in [-0.25, -0.2) is 14.8 Å². The van der Waals surface area contributed by atoms with Crippen LogP contribution in [0.15, 0.2) is 32.8 Å². The molecule has 0 spiro atoms. The van der Waals surface area contributed by atoms with E-state index in [0.29, 0.717) is 27.9 Å². The van der Waals surface area contributed by atoms with Gasteiger partial charge in [0.1, 0.15) is 10.4 Å². The smallest absolute Gasteiger partial charge is 0.332 e. The summed E-state index contributed by atoms with van der Waals surface area (Å²) in [4.78, 5) is 47.3. The van der Waals surface area contributed by atoms with Gasteiger partial charge >= 0.3 is 5.69 Å². The van der Waals surface area contributed by atoms with Crippen LogP contribution in [0.4, 0.5) is 0 Å². The second kappa shape index (κ2) is 9.88. The van der Waals surface area contributed by atoms with E-state index in [-0.39, 0.29) is 28.7 Å². The van der Waals surface area contributed by atoms with E-state index in [1.54, 1.807) is 32.4 Å². The summed E-state index contributed by atoms with van der Waals surface area (Å²) in [5.41, 5.74) is -0.184. The number of ether oxygens (including phenoxy) is 2. The molecule has 1 aliphatic carbocycles. The zero-order chi connectivity index (χ0) is 24.4. The summed E-state index contributed by atoms with van der Waals surface area (Å²) in [7, 11) is 6.03. The Morgan fingerprint density at radius 1 is 1.09 bits per heavy atom. The summed E-state index contributed by atoms with van der Waals surface area (Å²) in [5.74, 6) is 1.33. The minimum absolute atomic E-state index is 0.0972. The van der Waals surface area contributed by atoms with E-state index < -0.39 is 11.2 Å². The fourth-order valence-corrected chi connectivity index (χ4v) is 4.94. The number of methoxy groups -OCH3 is 2. The Balaban J connectivity index is 1.80. The Bertz CT molecular complexity index is 1360. The van der Waals surface area contributed by atoms with Crippen LogP contribution in [0.5, 0.6) is 11.5 Å². The standard InChI is InChI=1S/C23H27N5O5S/c1-27-20-18(22(30)28(2)23(27)31)21(34-12-17(29)24-14-7-5-6-8-14)26-19(25-20)13-9-10-15(32-3)16(11-13)33-4/h9-11,14H,5-8,12H2,1-4H3,(H,24,29). The van der Waals surface area contributed by atoms with Gasteiger partial charge in [0.15, 0.2) is 23.0 Å². The van der Waals surface area contributed by atoms with Crippen molar-refractivity contribution in [2.45, 2.75) is 36.8 Å². The van der Waals surface area contributed by atoms with Crippen LogP contribution in [-0.4, -0.2) is 51.0 Å². The third kappa shape index (κ3) is 4.52. The maximum atomic E-state index is 13.0. The average molecular weight is 486 g/mol. The molecule has 1 amide bonds. The predicted octanol–water partition coefficient (Wildman–Crippen LogP) is 1.86. The van der Waals surface area contributed by atoms with Crippen molar-refractivity contribution >= 4 is 28.7 Å². The number of benzene rings is 1. The highest BCUT2D eigenvalue weighted by Crippen LogP contribution is 2.33. The van der Waals surface area contributed by atoms with Gasteiger partial charge in [-0.1, -0.05) is 24.6 Å². The van der Waals surface area contributed by atoms with Gasteiger partial charge in [0.2, 0.25) is 5.91 Å². The van der Waals surface area contributed by atoms with Crippen molar-refractivity contribution in [3.8, 4) is 22.9 Å². The third-order valence-corrected chi connectivity index (χ3v) is 6.94. The quantitative estimate of drug-likeness (QED) is 0.398. The molecule has 10 nitrogen and oxygen atoms in total. The lowest BCUT2D eigenvalue weighted by Crippen LogP contribution is -2.38. The maximum Gasteiger partial charge on any atom is 0.332 e. The van der Waals surface area contributed by atoms with Crippen LogP contribution in [0.3, 0.4) is 0 Å². The molecule has 1 aromatic carbocycles. The monoisotopic (exact) mass is 485 g/mol. The topological polar surface area (TPSA) is 117 Å². The van der Waals surface area contributed by atoms with Crippen molar-refractivity contribution in [1.82, 2.24) is 24.4 Å². The Hall–Kier alpha value is -3.34. The first-order valence-electron chi connectivity index (χ1n) is 11.0. The van der Waals surface area contributed by atoms with Crippen LogP contribution in [-0.2, 0) is 18.9 Å². The summed E-state index contributed by atoms with van der Waals surface area (Å²) in [6.07, 6.45) is 4.21. The molecule has 0 saturated heterocycles. The van der Waals surface area contributed by atoms with Gasteiger partial charge < -0.3 is 14.8 Å². The first-order valence-corrected chi connectivity index (χ1v) is 11.9. The molecule has 4 rings (SSSR count). The van der Waals surface area contributed by atoms with Crippen molar-refractivity contribution in [2.75, 3.05) is 20.0 Å². The molecule has 180 valence electrons. The van der Waals surface area contributed by atoms with E-state index in [1.807, 2.05) is 0 Å². The number of fused-ring (bicyclic) bond motifs is 1. The molecule has 34 heavy (non-hydrogen) atoms. The number of hydrogen-bond acceptors (Lipinski definition) is 8. The van der Waals surface area contributed by atoms with Crippen LogP contribution >= 0.6 is 11.8 Å². The van der Waals surface area contributed by atoms with Gasteiger partial charge in [-0.3, -0.25) is 18.7 Å². The number of hydrogen-bond donors (Lipinski definition) is 1. The number of nitrogens with one attached hydrogen (secondary N) is 1. The largest absolute Gasteiger partial charge is 0.493 e. The summed E-state index contributed by atoms with van der Waals surface area (Å²) >= 11 is 1.16. The van der Waals surface area contributed by atoms with E-state index in [2.05, 4.69) is 15.3 Å². The van der Waals surface area contributed by atoms with E-state index in [0.717, 1.165) is 42.0 Å². The molecular formula is C23H27N5O5S. The Kier molecular flexibility index (Phi) is 6.92. The summed E-state index contributed by atoms with van der Waals surface area (Å²) in [6.45, 7) is 0. The number of carbonyl (C=O) groups is 1. The lowest BCUT2D eigenvalue weighted by atomic mass is 10.2. The normalized spacial score (nSPS) is 13.9. The SMILES string of the molecule is COc1ccc(-c2nc(SCC(=O)NC3CCCC3)c3c(=O)n(C)c(=O)n(C)c3n2)cc1OC. The van der Waals surface area contributed by atoms with Crippen molar-refractivity contribution in [3.05, 3.63) is 39.0 Å². The van der Waals surface area contributed by atoms with Gasteiger partial charge in [0.25, 0.3) is 5.56 Å². The molecule has 1 N–H and O–H groups in total. The molecule has 2 aromatic heterocycles. The summed E-state index contributed by atoms with van der Waals surface area (Å²) in [5, 5.41) is 3.59. The molecule has 2 heterocycles. The third-order valence-electron chi connectivity index (χ3n) is 5.97. The van der Waals surface area contributed by atoms with Gasteiger partial charge in [-0.05, 0) is 31.0 Å². The number of rotatable bonds is 7. The maximum absolute atomic E-state index is 13.0. The molecule has 0 radical (unpaired) electrons. The Morgan fingerprint density at radius 3 is 2.47 bits per heavy atom. The number of thioether (sulfide) groups is 1. The number of carbonyl (C=O) groups excluding carboxylic acids is 1. The highest BCUT2D eigenvalue weighted by atomic mass is 32.2. The van der Waals surface area contributed by atoms with Crippen molar-refractivity contribution in [1.29, 1.82) is 0 Å². The first-order chi connectivity index (χ1) is 16.3. The number of aromatic nitrogens is 4. The van der Waals surface area contributed by atoms with Crippen molar-refractivity contribution in [3.63, 3.8) is 0 Å². The second-order valence-corrected chi connectivity index (χ2v) is 9.13. The fourth-order valence-electron chi connectivity index (χ4n) is 4.11. The van der Waals surface area contributed by atoms with Gasteiger partial charge in [-0.2, -0.15) is 0 Å². The minimum Gasteiger partial charge on any atom is -0.493 e. The Labute approximate surface area is 200 Å². The van der Waals surface area contributed by atoms with Crippen molar-refractivity contribution < 1.29 is 14.3 Å². The van der Waals surface area contributed by atoms with Gasteiger partial charge in [0.05, 0.1) is 20.0 Å². The van der Waals surface area contributed by atoms with E-state index in [4.69, 9.17) is 9.47 Å². The van der Waals surface area contributed by atoms with Gasteiger partial charge in [0, 0.05) is 25.7 Å². The van der Waals surface area contributed by atoms with E-state index in [9.17, 15) is 14.4 Å². The predicted molar refractivity (Wildman–Crippen MR) is 130 cm³/mol. The number of amides is 1. The Morgan fingerprint density at radius 2 is 1.79 bits per heavy atom. The van der Waals surface area contributed by atoms with Crippen LogP contribution in [0.2, 0.25) is 0 Å². The highest BCUT2D eigenvalue weighted by Gasteiger charge is 2.21. The summed E-state index contributed by atoms with van der Waals surface area (Å²) < 4.78 is 13.0. The zero-order valence-corrected chi connectivity index (χ0v) is 20.4. The molecule has 0 unspecified atom stereocenters. The van der Waals surface area contributed by atoms with Crippen LogP contribution < -0.4 is 26.0 Å². The van der Waals surface area contributed by atoms with Crippen molar-refractivity contribution in [2.24, 2.45) is 14.1 Å². The molecular weight excluding hydrogens is 458 g/mol. The molecule has 11 heteroatoms. The lowest BCUT2D eigenvalue weighted by Gasteiger charge is -2.14. The molecule has 0 atom stereocenters. The molecule has 1 fully saturated rings. The van der Waals surface area contributed by atoms with Crippen LogP contribution in [0.25, 0.3) is 22.4 Å². The molecule has 3 aromatic rings. The second-order valence-electron chi connectivity index (χ2n) is 8.16. The van der Waals surface area contributed by atoms with Crippen LogP contribution in [0.1, 0.15) is 25.7 Å². The molecule has 0 bridgehead atoms. The highest BCUT2D eigenvalue weighted by molar-refractivity contribution is 8.00. The summed E-state index contributed by atoms with van der Waals surface area (Å²) in [6, 6.07) is 5.42. The molecule has 1 saturated carbocycles. The van der Waals surface area contributed by atoms with E-state index >= 15 is 0 Å². The zero-order valence-electron chi connectivity index (χ0n) is 19.6. The first kappa shape index (κ1) is 23.8. The van der Waals surface area contributed by atoms with Crippen LogP contribution in [0, 0.1) is 0 Å². The minimum atomic E-state index is -0.504. The van der Waals surface area contributed by atoms with Gasteiger partial charge in [-0.15, -0.1) is 0 Å². The lowest BCUT2D eigenvalue weighted by molar-refractivity contribution is -0.119. The number of aryl methyl sites for hydroxylation is 1. The molecule has 0 aliphatic heterocycles. The molecule has 1 aliphatic rings. The fraction of sp³-hybridized carbons (Fsp3) is 0.435. The average Bonchev–Trinajstić information content (AvgIpc) is 3.36. The van der Waals surface area contributed by atoms with E-state index in [1.165, 1.54) is 18.7 Å². The number of nitrogens with zero attached hydrogens (tertiary/aromatic N) is 4.